The maximum Gasteiger partial charge on any atom is 0.0601 e. The zero-order valence-corrected chi connectivity index (χ0v) is 11.3. The second-order valence-corrected chi connectivity index (χ2v) is 4.57. The van der Waals surface area contributed by atoms with Crippen molar-refractivity contribution in [1.82, 2.24) is 4.90 Å². The lowest BCUT2D eigenvalue weighted by Crippen LogP contribution is -2.50. The molecule has 0 fully saturated rings. The predicted octanol–water partition coefficient (Wildman–Crippen LogP) is 1.99. The normalized spacial score (nSPS) is 15.4. The Kier molecular flexibility index (Phi) is 9.99. The highest BCUT2D eigenvalue weighted by molar-refractivity contribution is 4.80. The lowest BCUT2D eigenvalue weighted by atomic mass is 10.0. The Morgan fingerprint density at radius 2 is 1.56 bits per heavy atom. The fourth-order valence-corrected chi connectivity index (χ4v) is 1.96. The maximum atomic E-state index is 9.47. The van der Waals surface area contributed by atoms with E-state index in [0.717, 1.165) is 19.5 Å². The lowest BCUT2D eigenvalue weighted by Gasteiger charge is -2.34. The van der Waals surface area contributed by atoms with Crippen molar-refractivity contribution in [3.05, 3.63) is 0 Å². The van der Waals surface area contributed by atoms with E-state index < -0.39 is 0 Å². The lowest BCUT2D eigenvalue weighted by molar-refractivity contribution is 0.0996. The minimum atomic E-state index is 0.0960. The van der Waals surface area contributed by atoms with Crippen LogP contribution in [-0.2, 0) is 0 Å². The smallest absolute Gasteiger partial charge is 0.0601 e. The molecule has 3 nitrogen and oxygen atoms in total. The summed E-state index contributed by atoms with van der Waals surface area (Å²) in [6, 6.07) is 0.238. The van der Waals surface area contributed by atoms with Crippen molar-refractivity contribution in [3.8, 4) is 0 Å². The summed E-state index contributed by atoms with van der Waals surface area (Å²) >= 11 is 0. The van der Waals surface area contributed by atoms with Gasteiger partial charge in [0, 0.05) is 12.1 Å². The van der Waals surface area contributed by atoms with Crippen LogP contribution >= 0.6 is 0 Å². The Bertz CT molecular complexity index is 145. The van der Waals surface area contributed by atoms with Gasteiger partial charge in [-0.2, -0.15) is 0 Å². The van der Waals surface area contributed by atoms with Gasteiger partial charge in [-0.3, -0.25) is 4.90 Å². The van der Waals surface area contributed by atoms with Crippen LogP contribution in [0.25, 0.3) is 0 Å². The van der Waals surface area contributed by atoms with Crippen LogP contribution in [0.5, 0.6) is 0 Å². The third-order valence-electron chi connectivity index (χ3n) is 3.22. The highest BCUT2D eigenvalue weighted by Crippen LogP contribution is 2.09. The molecular formula is C13H30N2O. The van der Waals surface area contributed by atoms with Crippen molar-refractivity contribution >= 4 is 0 Å². The summed E-state index contributed by atoms with van der Waals surface area (Å²) in [7, 11) is 0. The van der Waals surface area contributed by atoms with Crippen molar-refractivity contribution in [1.29, 1.82) is 0 Å². The van der Waals surface area contributed by atoms with E-state index in [1.54, 1.807) is 0 Å². The number of aliphatic hydroxyl groups excluding tert-OH is 1. The van der Waals surface area contributed by atoms with Crippen LogP contribution in [-0.4, -0.2) is 41.8 Å². The summed E-state index contributed by atoms with van der Waals surface area (Å²) < 4.78 is 0. The quantitative estimate of drug-likeness (QED) is 0.603. The average molecular weight is 230 g/mol. The highest BCUT2D eigenvalue weighted by Gasteiger charge is 2.22. The fourth-order valence-electron chi connectivity index (χ4n) is 1.96. The van der Waals surface area contributed by atoms with E-state index in [9.17, 15) is 5.11 Å². The molecule has 0 bridgehead atoms. The summed E-state index contributed by atoms with van der Waals surface area (Å²) in [5, 5.41) is 9.47. The molecule has 2 unspecified atom stereocenters. The van der Waals surface area contributed by atoms with E-state index in [1.165, 1.54) is 25.7 Å². The molecule has 0 spiro atoms. The van der Waals surface area contributed by atoms with Crippen LogP contribution in [0.3, 0.4) is 0 Å². The number of hydrogen-bond donors (Lipinski definition) is 2. The van der Waals surface area contributed by atoms with Gasteiger partial charge in [-0.15, -0.1) is 0 Å². The first kappa shape index (κ1) is 15.9. The molecule has 0 amide bonds. The monoisotopic (exact) mass is 230 g/mol. The number of nitrogens with zero attached hydrogens (tertiary/aromatic N) is 1. The number of hydrogen-bond acceptors (Lipinski definition) is 3. The zero-order chi connectivity index (χ0) is 12.4. The molecule has 0 aliphatic rings. The molecule has 0 saturated carbocycles. The molecule has 0 aliphatic heterocycles. The Labute approximate surface area is 101 Å². The van der Waals surface area contributed by atoms with E-state index in [2.05, 4.69) is 25.7 Å². The molecule has 0 aromatic carbocycles. The van der Waals surface area contributed by atoms with Crippen molar-refractivity contribution in [2.45, 2.75) is 65.0 Å². The molecule has 3 N–H and O–H groups in total. The Morgan fingerprint density at radius 3 is 1.88 bits per heavy atom. The van der Waals surface area contributed by atoms with Gasteiger partial charge < -0.3 is 10.8 Å². The van der Waals surface area contributed by atoms with Crippen LogP contribution < -0.4 is 5.73 Å². The van der Waals surface area contributed by atoms with E-state index in [4.69, 9.17) is 5.73 Å². The van der Waals surface area contributed by atoms with Crippen molar-refractivity contribution in [2.24, 2.45) is 5.73 Å². The summed E-state index contributed by atoms with van der Waals surface area (Å²) in [6.45, 7) is 8.80. The third-order valence-corrected chi connectivity index (χ3v) is 3.22. The van der Waals surface area contributed by atoms with Gasteiger partial charge in [0.15, 0.2) is 0 Å². The zero-order valence-electron chi connectivity index (χ0n) is 11.3. The molecule has 98 valence electrons. The minimum absolute atomic E-state index is 0.0960. The van der Waals surface area contributed by atoms with Crippen LogP contribution in [0.15, 0.2) is 0 Å². The number of aliphatic hydroxyl groups is 1. The van der Waals surface area contributed by atoms with Gasteiger partial charge in [-0.05, 0) is 32.4 Å². The SMILES string of the molecule is CCCCN(CCCC)C(CO)C(N)CC. The average Bonchev–Trinajstić information content (AvgIpc) is 2.32. The minimum Gasteiger partial charge on any atom is -0.395 e. The van der Waals surface area contributed by atoms with Crippen LogP contribution in [0, 0.1) is 0 Å². The summed E-state index contributed by atoms with van der Waals surface area (Å²) in [4.78, 5) is 2.38. The summed E-state index contributed by atoms with van der Waals surface area (Å²) in [6.07, 6.45) is 5.71. The molecule has 3 heteroatoms. The first-order valence-electron chi connectivity index (χ1n) is 6.81. The standard InChI is InChI=1S/C13H30N2O/c1-4-7-9-15(10-8-5-2)13(11-16)12(14)6-3/h12-13,16H,4-11,14H2,1-3H3. The predicted molar refractivity (Wildman–Crippen MR) is 70.5 cm³/mol. The molecule has 0 heterocycles. The number of nitrogens with two attached hydrogens (primary N) is 1. The van der Waals surface area contributed by atoms with Gasteiger partial charge in [-0.1, -0.05) is 33.6 Å². The summed E-state index contributed by atoms with van der Waals surface area (Å²) in [5.74, 6) is 0. The largest absolute Gasteiger partial charge is 0.395 e. The third kappa shape index (κ3) is 5.83. The van der Waals surface area contributed by atoms with E-state index in [0.29, 0.717) is 0 Å². The van der Waals surface area contributed by atoms with Crippen LogP contribution in [0.4, 0.5) is 0 Å². The van der Waals surface area contributed by atoms with Gasteiger partial charge >= 0.3 is 0 Å². The Balaban J connectivity index is 4.29. The van der Waals surface area contributed by atoms with Crippen LogP contribution in [0.1, 0.15) is 52.9 Å². The van der Waals surface area contributed by atoms with Gasteiger partial charge in [0.1, 0.15) is 0 Å². The van der Waals surface area contributed by atoms with Crippen molar-refractivity contribution < 1.29 is 5.11 Å². The van der Waals surface area contributed by atoms with E-state index >= 15 is 0 Å². The maximum absolute atomic E-state index is 9.47. The molecule has 0 aliphatic carbocycles. The highest BCUT2D eigenvalue weighted by atomic mass is 16.3. The van der Waals surface area contributed by atoms with E-state index in [1.807, 2.05) is 0 Å². The summed E-state index contributed by atoms with van der Waals surface area (Å²) in [5.41, 5.74) is 6.07. The number of unbranched alkanes of at least 4 members (excludes halogenated alkanes) is 2. The van der Waals surface area contributed by atoms with Gasteiger partial charge in [-0.25, -0.2) is 0 Å². The Morgan fingerprint density at radius 1 is 1.06 bits per heavy atom. The fraction of sp³-hybridized carbons (Fsp3) is 1.00. The first-order chi connectivity index (χ1) is 7.71. The van der Waals surface area contributed by atoms with Crippen molar-refractivity contribution in [2.75, 3.05) is 19.7 Å². The topological polar surface area (TPSA) is 49.5 Å². The molecule has 0 radical (unpaired) electrons. The van der Waals surface area contributed by atoms with Crippen molar-refractivity contribution in [3.63, 3.8) is 0 Å². The van der Waals surface area contributed by atoms with E-state index in [-0.39, 0.29) is 18.7 Å². The molecule has 0 rings (SSSR count). The molecule has 0 saturated heterocycles. The second kappa shape index (κ2) is 10.1. The molecule has 0 aromatic heterocycles. The first-order valence-corrected chi connectivity index (χ1v) is 6.81. The second-order valence-electron chi connectivity index (χ2n) is 4.57. The van der Waals surface area contributed by atoms with Gasteiger partial charge in [0.2, 0.25) is 0 Å². The van der Waals surface area contributed by atoms with Crippen LogP contribution in [0.2, 0.25) is 0 Å². The van der Waals surface area contributed by atoms with Gasteiger partial charge in [0.05, 0.1) is 6.61 Å². The molecule has 16 heavy (non-hydrogen) atoms. The van der Waals surface area contributed by atoms with Gasteiger partial charge in [0.25, 0.3) is 0 Å². The number of rotatable bonds is 10. The molecule has 0 aromatic rings. The Hall–Kier alpha value is -0.120. The molecule has 2 atom stereocenters. The molecular weight excluding hydrogens is 200 g/mol.